The fraction of sp³-hybridized carbons (Fsp3) is 0.692. The Morgan fingerprint density at radius 2 is 1.93 bits per heavy atom. The second kappa shape index (κ2) is 4.84. The molecule has 0 fully saturated rings. The van der Waals surface area contributed by atoms with E-state index < -0.39 is 0 Å². The van der Waals surface area contributed by atoms with E-state index in [0.717, 1.165) is 24.5 Å². The van der Waals surface area contributed by atoms with Crippen LogP contribution >= 0.6 is 0 Å². The zero-order valence-corrected chi connectivity index (χ0v) is 10.6. The van der Waals surface area contributed by atoms with Gasteiger partial charge in [-0.05, 0) is 24.1 Å². The van der Waals surface area contributed by atoms with Crippen LogP contribution < -0.4 is 5.32 Å². The van der Waals surface area contributed by atoms with Crippen LogP contribution in [0.15, 0.2) is 16.5 Å². The summed E-state index contributed by atoms with van der Waals surface area (Å²) in [5.74, 6) is 2.12. The Balaban J connectivity index is 2.88. The van der Waals surface area contributed by atoms with Gasteiger partial charge in [-0.1, -0.05) is 34.6 Å². The summed E-state index contributed by atoms with van der Waals surface area (Å²) < 4.78 is 5.81. The van der Waals surface area contributed by atoms with Gasteiger partial charge in [0.25, 0.3) is 0 Å². The molecule has 1 heterocycles. The van der Waals surface area contributed by atoms with E-state index in [1.807, 2.05) is 0 Å². The third-order valence-corrected chi connectivity index (χ3v) is 2.59. The molecule has 0 aliphatic carbocycles. The van der Waals surface area contributed by atoms with Crippen LogP contribution in [-0.4, -0.2) is 6.54 Å². The Labute approximate surface area is 93.1 Å². The molecule has 0 saturated carbocycles. The lowest BCUT2D eigenvalue weighted by Crippen LogP contribution is -2.31. The highest BCUT2D eigenvalue weighted by molar-refractivity contribution is 5.12. The van der Waals surface area contributed by atoms with Crippen molar-refractivity contribution in [1.82, 2.24) is 5.32 Å². The first kappa shape index (κ1) is 12.3. The molecular weight excluding hydrogens is 186 g/mol. The summed E-state index contributed by atoms with van der Waals surface area (Å²) in [6.07, 6.45) is 0.961. The summed E-state index contributed by atoms with van der Waals surface area (Å²) in [7, 11) is 0. The molecule has 1 aromatic heterocycles. The van der Waals surface area contributed by atoms with Crippen molar-refractivity contribution in [2.45, 2.75) is 47.1 Å². The third kappa shape index (κ3) is 3.10. The third-order valence-electron chi connectivity index (χ3n) is 2.59. The van der Waals surface area contributed by atoms with E-state index in [1.165, 1.54) is 0 Å². The van der Waals surface area contributed by atoms with Gasteiger partial charge < -0.3 is 9.73 Å². The molecule has 0 amide bonds. The van der Waals surface area contributed by atoms with Gasteiger partial charge in [-0.3, -0.25) is 0 Å². The first-order valence-electron chi connectivity index (χ1n) is 5.81. The maximum absolute atomic E-state index is 5.81. The number of rotatable bonds is 4. The van der Waals surface area contributed by atoms with Crippen molar-refractivity contribution < 1.29 is 4.42 Å². The van der Waals surface area contributed by atoms with Crippen LogP contribution in [0.5, 0.6) is 0 Å². The molecule has 0 aliphatic heterocycles. The van der Waals surface area contributed by atoms with Crippen LogP contribution in [0.25, 0.3) is 0 Å². The molecule has 15 heavy (non-hydrogen) atoms. The quantitative estimate of drug-likeness (QED) is 0.820. The van der Waals surface area contributed by atoms with Crippen molar-refractivity contribution in [1.29, 1.82) is 0 Å². The van der Waals surface area contributed by atoms with Crippen LogP contribution in [-0.2, 0) is 6.42 Å². The molecule has 2 heteroatoms. The number of nitrogens with one attached hydrogen (secondary N) is 1. The molecule has 0 aromatic carbocycles. The molecule has 2 nitrogen and oxygen atoms in total. The maximum atomic E-state index is 5.81. The molecule has 1 N–H and O–H groups in total. The minimum absolute atomic E-state index is 0.179. The molecule has 0 bridgehead atoms. The predicted octanol–water partition coefficient (Wildman–Crippen LogP) is 3.54. The lowest BCUT2D eigenvalue weighted by atomic mass is 9.85. The lowest BCUT2D eigenvalue weighted by molar-refractivity contribution is 0.237. The largest absolute Gasteiger partial charge is 0.464 e. The van der Waals surface area contributed by atoms with E-state index in [-0.39, 0.29) is 5.41 Å². The van der Waals surface area contributed by atoms with Gasteiger partial charge in [-0.25, -0.2) is 0 Å². The van der Waals surface area contributed by atoms with Gasteiger partial charge in [0, 0.05) is 6.42 Å². The summed E-state index contributed by atoms with van der Waals surface area (Å²) >= 11 is 0. The SMILES string of the molecule is CCNC(c1ccc(CC)o1)C(C)(C)C. The molecule has 0 saturated heterocycles. The predicted molar refractivity (Wildman–Crippen MR) is 64.0 cm³/mol. The van der Waals surface area contributed by atoms with E-state index in [0.29, 0.717) is 6.04 Å². The second-order valence-electron chi connectivity index (χ2n) is 5.01. The molecule has 0 radical (unpaired) electrons. The average molecular weight is 209 g/mol. The van der Waals surface area contributed by atoms with Gasteiger partial charge in [-0.15, -0.1) is 0 Å². The van der Waals surface area contributed by atoms with Crippen LogP contribution in [0.1, 0.15) is 52.2 Å². The summed E-state index contributed by atoms with van der Waals surface area (Å²) in [5, 5.41) is 3.48. The van der Waals surface area contributed by atoms with Crippen molar-refractivity contribution >= 4 is 0 Å². The number of aryl methyl sites for hydroxylation is 1. The van der Waals surface area contributed by atoms with Gasteiger partial charge in [-0.2, -0.15) is 0 Å². The van der Waals surface area contributed by atoms with Gasteiger partial charge in [0.1, 0.15) is 11.5 Å². The second-order valence-corrected chi connectivity index (χ2v) is 5.01. The van der Waals surface area contributed by atoms with E-state index in [2.05, 4.69) is 52.1 Å². The number of hydrogen-bond acceptors (Lipinski definition) is 2. The van der Waals surface area contributed by atoms with Crippen molar-refractivity contribution in [3.63, 3.8) is 0 Å². The van der Waals surface area contributed by atoms with Gasteiger partial charge in [0.15, 0.2) is 0 Å². The zero-order chi connectivity index (χ0) is 11.5. The maximum Gasteiger partial charge on any atom is 0.121 e. The van der Waals surface area contributed by atoms with Crippen LogP contribution in [0.4, 0.5) is 0 Å². The molecule has 1 unspecified atom stereocenters. The van der Waals surface area contributed by atoms with Crippen LogP contribution in [0.2, 0.25) is 0 Å². The van der Waals surface area contributed by atoms with Crippen molar-refractivity contribution in [2.75, 3.05) is 6.54 Å². The van der Waals surface area contributed by atoms with Gasteiger partial charge in [0.05, 0.1) is 6.04 Å². The van der Waals surface area contributed by atoms with Crippen molar-refractivity contribution in [2.24, 2.45) is 5.41 Å². The molecule has 86 valence electrons. The Morgan fingerprint density at radius 3 is 2.33 bits per heavy atom. The van der Waals surface area contributed by atoms with Gasteiger partial charge >= 0.3 is 0 Å². The highest BCUT2D eigenvalue weighted by Gasteiger charge is 2.27. The zero-order valence-electron chi connectivity index (χ0n) is 10.6. The summed E-state index contributed by atoms with van der Waals surface area (Å²) in [6.45, 7) is 11.9. The van der Waals surface area contributed by atoms with Crippen molar-refractivity contribution in [3.8, 4) is 0 Å². The molecule has 0 aliphatic rings. The van der Waals surface area contributed by atoms with Gasteiger partial charge in [0.2, 0.25) is 0 Å². The Bertz CT molecular complexity index is 296. The monoisotopic (exact) mass is 209 g/mol. The van der Waals surface area contributed by atoms with E-state index >= 15 is 0 Å². The number of furan rings is 1. The van der Waals surface area contributed by atoms with E-state index in [4.69, 9.17) is 4.42 Å². The van der Waals surface area contributed by atoms with Crippen LogP contribution in [0, 0.1) is 5.41 Å². The standard InChI is InChI=1S/C13H23NO/c1-6-10-8-9-11(15-10)12(14-7-2)13(3,4)5/h8-9,12,14H,6-7H2,1-5H3. The highest BCUT2D eigenvalue weighted by Crippen LogP contribution is 2.33. The summed E-state index contributed by atoms with van der Waals surface area (Å²) in [4.78, 5) is 0. The molecule has 0 spiro atoms. The first-order chi connectivity index (χ1) is 6.99. The molecule has 1 aromatic rings. The van der Waals surface area contributed by atoms with Crippen molar-refractivity contribution in [3.05, 3.63) is 23.7 Å². The normalized spacial score (nSPS) is 14.2. The average Bonchev–Trinajstić information content (AvgIpc) is 2.60. The minimum atomic E-state index is 0.179. The highest BCUT2D eigenvalue weighted by atomic mass is 16.3. The Kier molecular flexibility index (Phi) is 3.97. The molecule has 1 atom stereocenters. The Hall–Kier alpha value is -0.760. The minimum Gasteiger partial charge on any atom is -0.464 e. The fourth-order valence-electron chi connectivity index (χ4n) is 1.78. The summed E-state index contributed by atoms with van der Waals surface area (Å²) in [6, 6.07) is 4.46. The van der Waals surface area contributed by atoms with Crippen LogP contribution in [0.3, 0.4) is 0 Å². The van der Waals surface area contributed by atoms with E-state index in [1.54, 1.807) is 0 Å². The first-order valence-corrected chi connectivity index (χ1v) is 5.81. The lowest BCUT2D eigenvalue weighted by Gasteiger charge is -2.29. The summed E-state index contributed by atoms with van der Waals surface area (Å²) in [5.41, 5.74) is 0.179. The number of hydrogen-bond donors (Lipinski definition) is 1. The fourth-order valence-corrected chi connectivity index (χ4v) is 1.78. The molecular formula is C13H23NO. The topological polar surface area (TPSA) is 25.2 Å². The smallest absolute Gasteiger partial charge is 0.121 e. The molecule has 1 rings (SSSR count). The van der Waals surface area contributed by atoms with E-state index in [9.17, 15) is 0 Å². The Morgan fingerprint density at radius 1 is 1.27 bits per heavy atom.